The molecule has 0 aliphatic rings. The van der Waals surface area contributed by atoms with E-state index in [1.807, 2.05) is 0 Å². The lowest BCUT2D eigenvalue weighted by atomic mass is 10.0. The van der Waals surface area contributed by atoms with Crippen LogP contribution in [0.25, 0.3) is 0 Å². The third-order valence-electron chi connectivity index (χ3n) is 6.87. The molecule has 6 nitrogen and oxygen atoms in total. The summed E-state index contributed by atoms with van der Waals surface area (Å²) in [5.41, 5.74) is 0. The van der Waals surface area contributed by atoms with E-state index < -0.39 is 0 Å². The Labute approximate surface area is 242 Å². The quantitative estimate of drug-likeness (QED) is 0.0593. The van der Waals surface area contributed by atoms with E-state index in [0.717, 1.165) is 31.8 Å². The number of unbranched alkanes of at least 4 members (excludes halogenated alkanes) is 14. The maximum Gasteiger partial charge on any atom is 0.305 e. The molecule has 0 heterocycles. The van der Waals surface area contributed by atoms with Crippen molar-refractivity contribution in [1.29, 1.82) is 0 Å². The Kier molecular flexibility index (Phi) is 32.9. The van der Waals surface area contributed by atoms with E-state index in [2.05, 4.69) is 20.8 Å². The Hall–Kier alpha value is -0.690. The second-order valence-electron chi connectivity index (χ2n) is 11.3. The van der Waals surface area contributed by atoms with E-state index in [0.29, 0.717) is 65.7 Å². The highest BCUT2D eigenvalue weighted by atomic mass is 16.6. The molecule has 0 bridgehead atoms. The fourth-order valence-corrected chi connectivity index (χ4v) is 4.39. The Morgan fingerprint density at radius 2 is 0.846 bits per heavy atom. The van der Waals surface area contributed by atoms with E-state index >= 15 is 0 Å². The van der Waals surface area contributed by atoms with Gasteiger partial charge in [-0.3, -0.25) is 4.79 Å². The molecule has 0 aliphatic heterocycles. The monoisotopic (exact) mass is 558 g/mol. The van der Waals surface area contributed by atoms with Gasteiger partial charge in [0.25, 0.3) is 0 Å². The maximum atomic E-state index is 11.8. The zero-order valence-electron chi connectivity index (χ0n) is 26.3. The molecule has 0 aromatic carbocycles. The summed E-state index contributed by atoms with van der Waals surface area (Å²) in [4.78, 5) is 11.8. The van der Waals surface area contributed by atoms with Gasteiger partial charge in [0, 0.05) is 19.6 Å². The Morgan fingerprint density at radius 3 is 1.31 bits per heavy atom. The highest BCUT2D eigenvalue weighted by molar-refractivity contribution is 5.69. The fourth-order valence-electron chi connectivity index (χ4n) is 4.39. The second-order valence-corrected chi connectivity index (χ2v) is 11.3. The van der Waals surface area contributed by atoms with Crippen LogP contribution in [0.3, 0.4) is 0 Å². The Bertz CT molecular complexity index is 471. The van der Waals surface area contributed by atoms with Crippen molar-refractivity contribution in [2.75, 3.05) is 59.5 Å². The summed E-state index contributed by atoms with van der Waals surface area (Å²) in [6, 6.07) is 0. The van der Waals surface area contributed by atoms with Crippen molar-refractivity contribution in [2.24, 2.45) is 5.92 Å². The minimum atomic E-state index is -0.110. The molecular formula is C33H66O6. The number of carbonyl (C=O) groups is 1. The molecule has 0 atom stereocenters. The molecule has 0 fully saturated rings. The highest BCUT2D eigenvalue weighted by Crippen LogP contribution is 2.14. The maximum absolute atomic E-state index is 11.8. The molecule has 0 N–H and O–H groups in total. The number of carbonyl (C=O) groups excluding carboxylic acids is 1. The number of ether oxygens (including phenoxy) is 5. The lowest BCUT2D eigenvalue weighted by Gasteiger charge is -2.08. The summed E-state index contributed by atoms with van der Waals surface area (Å²) in [6.45, 7) is 12.2. The van der Waals surface area contributed by atoms with Crippen LogP contribution in [-0.4, -0.2) is 65.4 Å². The Morgan fingerprint density at radius 1 is 0.462 bits per heavy atom. The number of hydrogen-bond acceptors (Lipinski definition) is 6. The van der Waals surface area contributed by atoms with Gasteiger partial charge in [0.05, 0.1) is 46.2 Å². The van der Waals surface area contributed by atoms with Crippen LogP contribution in [0, 0.1) is 5.92 Å². The standard InChI is InChI=1S/C33H66O6/c1-4-5-18-23-35-26-28-37-30-31-38-29-27-36-24-20-22-33(34)39-25-19-16-14-12-10-8-6-7-9-11-13-15-17-21-32(2)3/h32H,4-31H2,1-3H3. The van der Waals surface area contributed by atoms with E-state index in [1.165, 1.54) is 89.9 Å². The molecular weight excluding hydrogens is 492 g/mol. The summed E-state index contributed by atoms with van der Waals surface area (Å²) >= 11 is 0. The molecule has 0 aromatic heterocycles. The van der Waals surface area contributed by atoms with Gasteiger partial charge in [0.2, 0.25) is 0 Å². The molecule has 0 radical (unpaired) electrons. The van der Waals surface area contributed by atoms with E-state index in [-0.39, 0.29) is 5.97 Å². The highest BCUT2D eigenvalue weighted by Gasteiger charge is 2.03. The van der Waals surface area contributed by atoms with E-state index in [4.69, 9.17) is 23.7 Å². The molecule has 234 valence electrons. The molecule has 0 saturated carbocycles. The van der Waals surface area contributed by atoms with Crippen molar-refractivity contribution < 1.29 is 28.5 Å². The average molecular weight is 559 g/mol. The molecule has 0 amide bonds. The zero-order chi connectivity index (χ0) is 28.5. The van der Waals surface area contributed by atoms with Crippen LogP contribution in [0.5, 0.6) is 0 Å². The molecule has 39 heavy (non-hydrogen) atoms. The summed E-state index contributed by atoms with van der Waals surface area (Å²) in [6.07, 6.45) is 23.4. The van der Waals surface area contributed by atoms with Gasteiger partial charge < -0.3 is 23.7 Å². The summed E-state index contributed by atoms with van der Waals surface area (Å²) in [5.74, 6) is 0.752. The normalized spacial score (nSPS) is 11.5. The molecule has 0 aliphatic carbocycles. The van der Waals surface area contributed by atoms with Crippen LogP contribution < -0.4 is 0 Å². The number of rotatable bonds is 33. The van der Waals surface area contributed by atoms with Crippen molar-refractivity contribution in [1.82, 2.24) is 0 Å². The van der Waals surface area contributed by atoms with Crippen LogP contribution in [0.4, 0.5) is 0 Å². The third-order valence-corrected chi connectivity index (χ3v) is 6.87. The smallest absolute Gasteiger partial charge is 0.305 e. The van der Waals surface area contributed by atoms with Crippen LogP contribution in [0.2, 0.25) is 0 Å². The van der Waals surface area contributed by atoms with E-state index in [9.17, 15) is 4.79 Å². The lowest BCUT2D eigenvalue weighted by Crippen LogP contribution is -2.12. The fraction of sp³-hybridized carbons (Fsp3) is 0.970. The Balaban J connectivity index is 3.15. The van der Waals surface area contributed by atoms with Crippen LogP contribution >= 0.6 is 0 Å². The predicted octanol–water partition coefficient (Wildman–Crippen LogP) is 8.68. The lowest BCUT2D eigenvalue weighted by molar-refractivity contribution is -0.144. The number of hydrogen-bond donors (Lipinski definition) is 0. The van der Waals surface area contributed by atoms with Crippen LogP contribution in [0.15, 0.2) is 0 Å². The van der Waals surface area contributed by atoms with Gasteiger partial charge in [-0.2, -0.15) is 0 Å². The van der Waals surface area contributed by atoms with Gasteiger partial charge in [-0.15, -0.1) is 0 Å². The van der Waals surface area contributed by atoms with Crippen molar-refractivity contribution in [3.63, 3.8) is 0 Å². The van der Waals surface area contributed by atoms with Crippen molar-refractivity contribution >= 4 is 5.97 Å². The summed E-state index contributed by atoms with van der Waals surface area (Å²) in [7, 11) is 0. The SMILES string of the molecule is CCCCCOCCOCCOCCOCCCC(=O)OCCCCCCCCCCCCCCCC(C)C. The first-order chi connectivity index (χ1) is 19.2. The van der Waals surface area contributed by atoms with Gasteiger partial charge in [0.15, 0.2) is 0 Å². The minimum Gasteiger partial charge on any atom is -0.466 e. The molecule has 6 heteroatoms. The number of esters is 1. The van der Waals surface area contributed by atoms with Gasteiger partial charge in [0.1, 0.15) is 0 Å². The first-order valence-corrected chi connectivity index (χ1v) is 16.6. The van der Waals surface area contributed by atoms with Crippen molar-refractivity contribution in [3.8, 4) is 0 Å². The third kappa shape index (κ3) is 35.3. The van der Waals surface area contributed by atoms with Crippen molar-refractivity contribution in [2.45, 2.75) is 143 Å². The van der Waals surface area contributed by atoms with E-state index in [1.54, 1.807) is 0 Å². The first kappa shape index (κ1) is 38.3. The zero-order valence-corrected chi connectivity index (χ0v) is 26.3. The van der Waals surface area contributed by atoms with Crippen molar-refractivity contribution in [3.05, 3.63) is 0 Å². The van der Waals surface area contributed by atoms with Gasteiger partial charge in [-0.1, -0.05) is 117 Å². The van der Waals surface area contributed by atoms with Gasteiger partial charge in [-0.05, 0) is 25.2 Å². The van der Waals surface area contributed by atoms with Gasteiger partial charge >= 0.3 is 5.97 Å². The largest absolute Gasteiger partial charge is 0.466 e. The summed E-state index contributed by atoms with van der Waals surface area (Å²) in [5, 5.41) is 0. The molecule has 0 rings (SSSR count). The molecule has 0 aromatic rings. The molecule has 0 unspecified atom stereocenters. The predicted molar refractivity (Wildman–Crippen MR) is 162 cm³/mol. The summed E-state index contributed by atoms with van der Waals surface area (Å²) < 4.78 is 27.3. The topological polar surface area (TPSA) is 63.2 Å². The average Bonchev–Trinajstić information content (AvgIpc) is 2.92. The second kappa shape index (κ2) is 33.5. The molecule has 0 saturated heterocycles. The first-order valence-electron chi connectivity index (χ1n) is 16.6. The van der Waals surface area contributed by atoms with Crippen LogP contribution in [-0.2, 0) is 28.5 Å². The minimum absolute atomic E-state index is 0.110. The van der Waals surface area contributed by atoms with Crippen LogP contribution in [0.1, 0.15) is 143 Å². The molecule has 0 spiro atoms. The van der Waals surface area contributed by atoms with Gasteiger partial charge in [-0.25, -0.2) is 0 Å².